The zero-order chi connectivity index (χ0) is 32.8. The van der Waals surface area contributed by atoms with Gasteiger partial charge in [-0.1, -0.05) is 97.3 Å². The zero-order valence-electron chi connectivity index (χ0n) is 27.6. The van der Waals surface area contributed by atoms with Gasteiger partial charge in [0.15, 0.2) is 0 Å². The molecular weight excluding hydrogens is 601 g/mol. The number of nitrogens with zero attached hydrogens (tertiary/aromatic N) is 4. The van der Waals surface area contributed by atoms with E-state index in [1.807, 2.05) is 80.1 Å². The molecule has 0 spiro atoms. The van der Waals surface area contributed by atoms with Gasteiger partial charge in [0.05, 0.1) is 18.4 Å². The fourth-order valence-corrected chi connectivity index (χ4v) is 6.06. The van der Waals surface area contributed by atoms with Crippen LogP contribution in [0.2, 0.25) is 0 Å². The fraction of sp³-hybridized carbons (Fsp3) is 0.282. The van der Waals surface area contributed by atoms with E-state index in [0.717, 1.165) is 47.5 Å². The van der Waals surface area contributed by atoms with Crippen LogP contribution in [-0.2, 0) is 19.5 Å². The van der Waals surface area contributed by atoms with Gasteiger partial charge in [-0.2, -0.15) is 4.37 Å². The number of hydrogen-bond donors (Lipinski definition) is 2. The Hall–Kier alpha value is -4.66. The minimum atomic E-state index is -0.0529. The third-order valence-electron chi connectivity index (χ3n) is 8.04. The Kier molecular flexibility index (Phi) is 12.4. The van der Waals surface area contributed by atoms with Crippen LogP contribution in [0.15, 0.2) is 113 Å². The number of anilines is 1. The van der Waals surface area contributed by atoms with Gasteiger partial charge in [0.25, 0.3) is 5.56 Å². The molecule has 0 amide bonds. The molecule has 1 saturated carbocycles. The van der Waals surface area contributed by atoms with Crippen LogP contribution in [0.3, 0.4) is 0 Å². The molecule has 1 aliphatic carbocycles. The van der Waals surface area contributed by atoms with Crippen molar-refractivity contribution in [3.63, 3.8) is 0 Å². The van der Waals surface area contributed by atoms with Gasteiger partial charge in [0.2, 0.25) is 0 Å². The molecule has 1 aliphatic rings. The lowest BCUT2D eigenvalue weighted by Gasteiger charge is -2.18. The number of hydrogen-bond acceptors (Lipinski definition) is 7. The second-order valence-electron chi connectivity index (χ2n) is 11.7. The second-order valence-corrected chi connectivity index (χ2v) is 12.6. The summed E-state index contributed by atoms with van der Waals surface area (Å²) in [5.41, 5.74) is 8.85. The zero-order valence-corrected chi connectivity index (χ0v) is 28.4. The highest BCUT2D eigenvalue weighted by Crippen LogP contribution is 2.26. The molecule has 8 heteroatoms. The van der Waals surface area contributed by atoms with E-state index in [0.29, 0.717) is 24.6 Å². The summed E-state index contributed by atoms with van der Waals surface area (Å²) in [5.74, 6) is 0.696. The van der Waals surface area contributed by atoms with Gasteiger partial charge < -0.3 is 10.6 Å². The minimum absolute atomic E-state index is 0.0529. The molecule has 2 N–H and O–H groups in total. The summed E-state index contributed by atoms with van der Waals surface area (Å²) in [6.07, 6.45) is 15.7. The Balaban J connectivity index is 0.000000244. The summed E-state index contributed by atoms with van der Waals surface area (Å²) >= 11 is 1.45. The maximum atomic E-state index is 13.3. The van der Waals surface area contributed by atoms with Crippen molar-refractivity contribution in [3.8, 4) is 22.6 Å². The Morgan fingerprint density at radius 3 is 2.43 bits per heavy atom. The molecule has 2 aromatic carbocycles. The highest BCUT2D eigenvalue weighted by Gasteiger charge is 2.14. The molecule has 242 valence electrons. The number of nitrogens with one attached hydrogen (secondary N) is 2. The summed E-state index contributed by atoms with van der Waals surface area (Å²) in [5, 5.41) is 6.43. The first-order chi connectivity index (χ1) is 23.1. The van der Waals surface area contributed by atoms with Gasteiger partial charge in [0, 0.05) is 41.5 Å². The SMILES string of the molecule is CCCc1ccncc1/C=C(\C)CNC.O=c1c(NCc2cc(-c3ccccc3)ns2)cnc(-c2ccccc2)n1CC=C1CCC1. The molecule has 0 aliphatic heterocycles. The van der Waals surface area contributed by atoms with Gasteiger partial charge in [-0.15, -0.1) is 0 Å². The lowest BCUT2D eigenvalue weighted by molar-refractivity contribution is 0.645. The Morgan fingerprint density at radius 2 is 1.74 bits per heavy atom. The third-order valence-corrected chi connectivity index (χ3v) is 8.83. The molecule has 0 radical (unpaired) electrons. The first kappa shape index (κ1) is 33.7. The lowest BCUT2D eigenvalue weighted by Crippen LogP contribution is -2.26. The van der Waals surface area contributed by atoms with Gasteiger partial charge in [-0.05, 0) is 74.4 Å². The van der Waals surface area contributed by atoms with E-state index in [-0.39, 0.29) is 5.56 Å². The van der Waals surface area contributed by atoms with Crippen LogP contribution >= 0.6 is 11.5 Å². The lowest BCUT2D eigenvalue weighted by atomic mass is 9.92. The van der Waals surface area contributed by atoms with Gasteiger partial charge in [-0.3, -0.25) is 14.3 Å². The van der Waals surface area contributed by atoms with E-state index in [2.05, 4.69) is 63.1 Å². The van der Waals surface area contributed by atoms with Crippen LogP contribution in [-0.4, -0.2) is 32.5 Å². The maximum Gasteiger partial charge on any atom is 0.277 e. The molecule has 5 aromatic rings. The summed E-state index contributed by atoms with van der Waals surface area (Å²) in [6, 6.07) is 24.2. The van der Waals surface area contributed by atoms with E-state index >= 15 is 0 Å². The van der Waals surface area contributed by atoms with Crippen LogP contribution < -0.4 is 16.2 Å². The number of aryl methyl sites for hydroxylation is 1. The van der Waals surface area contributed by atoms with Crippen molar-refractivity contribution in [2.45, 2.75) is 59.0 Å². The van der Waals surface area contributed by atoms with E-state index < -0.39 is 0 Å². The molecule has 7 nitrogen and oxygen atoms in total. The highest BCUT2D eigenvalue weighted by atomic mass is 32.1. The number of allylic oxidation sites excluding steroid dienone is 2. The summed E-state index contributed by atoms with van der Waals surface area (Å²) in [7, 11) is 1.97. The normalized spacial score (nSPS) is 12.6. The molecule has 1 fully saturated rings. The van der Waals surface area contributed by atoms with Crippen LogP contribution in [0.4, 0.5) is 5.69 Å². The first-order valence-corrected chi connectivity index (χ1v) is 17.2. The summed E-state index contributed by atoms with van der Waals surface area (Å²) in [6.45, 7) is 6.35. The summed E-state index contributed by atoms with van der Waals surface area (Å²) in [4.78, 5) is 23.2. The van der Waals surface area contributed by atoms with Crippen LogP contribution in [0, 0.1) is 0 Å². The molecule has 3 heterocycles. The number of pyridine rings is 1. The average molecular weight is 645 g/mol. The molecule has 0 saturated heterocycles. The van der Waals surface area contributed by atoms with Crippen LogP contribution in [0.5, 0.6) is 0 Å². The number of rotatable bonds is 12. The Bertz CT molecular complexity index is 1840. The smallest absolute Gasteiger partial charge is 0.277 e. The van der Waals surface area contributed by atoms with Crippen LogP contribution in [0.1, 0.15) is 55.5 Å². The highest BCUT2D eigenvalue weighted by molar-refractivity contribution is 7.06. The van der Waals surface area contributed by atoms with Crippen molar-refractivity contribution in [2.24, 2.45) is 0 Å². The molecule has 0 atom stereocenters. The van der Waals surface area contributed by atoms with Gasteiger partial charge in [0.1, 0.15) is 11.5 Å². The van der Waals surface area contributed by atoms with E-state index in [1.165, 1.54) is 46.6 Å². The quantitative estimate of drug-likeness (QED) is 0.133. The van der Waals surface area contributed by atoms with Gasteiger partial charge in [-0.25, -0.2) is 4.98 Å². The van der Waals surface area contributed by atoms with Crippen molar-refractivity contribution in [2.75, 3.05) is 18.9 Å². The predicted molar refractivity (Wildman–Crippen MR) is 197 cm³/mol. The first-order valence-electron chi connectivity index (χ1n) is 16.4. The third kappa shape index (κ3) is 9.44. The average Bonchev–Trinajstić information content (AvgIpc) is 3.56. The molecule has 6 rings (SSSR count). The second kappa shape index (κ2) is 17.3. The molecule has 47 heavy (non-hydrogen) atoms. The minimum Gasteiger partial charge on any atom is -0.374 e. The summed E-state index contributed by atoms with van der Waals surface area (Å²) < 4.78 is 6.32. The molecule has 0 bridgehead atoms. The standard InChI is InChI=1S/C26H24N4OS.C13H20N2/c31-26-24(27-17-22-16-23(29-32-22)20-10-3-1-4-11-20)18-28-25(21-12-5-2-6-13-21)30(26)15-14-19-8-7-9-19;1-4-5-12-6-7-15-10-13(12)8-11(2)9-14-3/h1-6,10-14,16,18,27H,7-9,15,17H2;6-8,10,14H,4-5,9H2,1-3H3/b;11-8+. The van der Waals surface area contributed by atoms with Crippen LogP contribution in [0.25, 0.3) is 28.7 Å². The monoisotopic (exact) mass is 644 g/mol. The fourth-order valence-electron chi connectivity index (χ4n) is 5.39. The van der Waals surface area contributed by atoms with Crippen molar-refractivity contribution < 1.29 is 0 Å². The Morgan fingerprint density at radius 1 is 1.00 bits per heavy atom. The van der Waals surface area contributed by atoms with Crippen molar-refractivity contribution >= 4 is 23.3 Å². The topological polar surface area (TPSA) is 84.7 Å². The predicted octanol–water partition coefficient (Wildman–Crippen LogP) is 8.41. The number of aromatic nitrogens is 4. The van der Waals surface area contributed by atoms with Crippen molar-refractivity contribution in [3.05, 3.63) is 135 Å². The maximum absolute atomic E-state index is 13.3. The largest absolute Gasteiger partial charge is 0.374 e. The Labute approximate surface area is 282 Å². The van der Waals surface area contributed by atoms with E-state index in [4.69, 9.17) is 0 Å². The number of likely N-dealkylation sites (N-methyl/N-ethyl adjacent to an activating group) is 1. The number of benzene rings is 2. The van der Waals surface area contributed by atoms with Crippen molar-refractivity contribution in [1.29, 1.82) is 0 Å². The molecule has 3 aromatic heterocycles. The molecular formula is C39H44N6OS. The van der Waals surface area contributed by atoms with Gasteiger partial charge >= 0.3 is 0 Å². The van der Waals surface area contributed by atoms with E-state index in [1.54, 1.807) is 10.8 Å². The molecule has 0 unspecified atom stereocenters. The van der Waals surface area contributed by atoms with E-state index in [9.17, 15) is 4.79 Å². The van der Waals surface area contributed by atoms with Crippen molar-refractivity contribution in [1.82, 2.24) is 24.2 Å².